The van der Waals surface area contributed by atoms with E-state index in [2.05, 4.69) is 76.6 Å². The standard InChI is InChI=1S/C32H55N3/c1-8-28(25(3)23-32(6,7)34-31(4,5)9-2)27-22-29(30-33-20-21-35(30)24-27)26-18-16-14-12-10-11-13-15-17-19-26/h20-22,24-26,28,34H,8-19,23H2,1-7H3. The minimum atomic E-state index is 0.114. The van der Waals surface area contributed by atoms with Gasteiger partial charge in [0.1, 0.15) is 5.65 Å². The lowest BCUT2D eigenvalue weighted by atomic mass is 9.77. The highest BCUT2D eigenvalue weighted by molar-refractivity contribution is 5.52. The fourth-order valence-electron chi connectivity index (χ4n) is 6.85. The first-order valence-electron chi connectivity index (χ1n) is 14.9. The number of nitrogens with one attached hydrogen (secondary N) is 1. The van der Waals surface area contributed by atoms with Gasteiger partial charge in [-0.05, 0) is 88.7 Å². The van der Waals surface area contributed by atoms with Gasteiger partial charge in [0.2, 0.25) is 0 Å². The molecule has 0 saturated heterocycles. The molecule has 2 heterocycles. The third-order valence-electron chi connectivity index (χ3n) is 8.78. The van der Waals surface area contributed by atoms with Crippen LogP contribution in [0.25, 0.3) is 5.65 Å². The molecular formula is C32H55N3. The van der Waals surface area contributed by atoms with Crippen LogP contribution in [-0.2, 0) is 0 Å². The molecule has 0 aliphatic heterocycles. The Bertz CT molecular complexity index is 881. The SMILES string of the molecule is CCC(c1cc(C2CCCCCCCCCC2)c2nccn2c1)C(C)CC(C)(C)NC(C)(C)CC. The van der Waals surface area contributed by atoms with Crippen molar-refractivity contribution in [1.29, 1.82) is 0 Å². The summed E-state index contributed by atoms with van der Waals surface area (Å²) in [4.78, 5) is 4.84. The zero-order valence-corrected chi connectivity index (χ0v) is 24.1. The molecule has 198 valence electrons. The quantitative estimate of drug-likeness (QED) is 0.386. The van der Waals surface area contributed by atoms with Crippen molar-refractivity contribution in [1.82, 2.24) is 14.7 Å². The largest absolute Gasteiger partial charge is 0.307 e. The lowest BCUT2D eigenvalue weighted by Crippen LogP contribution is -2.52. The van der Waals surface area contributed by atoms with Gasteiger partial charge in [-0.1, -0.05) is 78.2 Å². The Balaban J connectivity index is 1.87. The van der Waals surface area contributed by atoms with Gasteiger partial charge in [-0.25, -0.2) is 4.98 Å². The van der Waals surface area contributed by atoms with Crippen LogP contribution in [0, 0.1) is 5.92 Å². The normalized spacial score (nSPS) is 19.4. The molecule has 1 saturated carbocycles. The number of nitrogens with zero attached hydrogens (tertiary/aromatic N) is 2. The highest BCUT2D eigenvalue weighted by Crippen LogP contribution is 2.38. The summed E-state index contributed by atoms with van der Waals surface area (Å²) in [6.07, 6.45) is 23.9. The van der Waals surface area contributed by atoms with E-state index in [9.17, 15) is 0 Å². The zero-order chi connectivity index (χ0) is 25.5. The summed E-state index contributed by atoms with van der Waals surface area (Å²) in [6.45, 7) is 16.6. The van der Waals surface area contributed by atoms with Crippen LogP contribution in [0.1, 0.15) is 155 Å². The van der Waals surface area contributed by atoms with E-state index in [4.69, 9.17) is 4.98 Å². The Kier molecular flexibility index (Phi) is 10.3. The average Bonchev–Trinajstić information content (AvgIpc) is 3.24. The summed E-state index contributed by atoms with van der Waals surface area (Å²) in [5.74, 6) is 1.82. The molecule has 3 heteroatoms. The number of fused-ring (bicyclic) bond motifs is 1. The fourth-order valence-corrected chi connectivity index (χ4v) is 6.85. The monoisotopic (exact) mass is 481 g/mol. The van der Waals surface area contributed by atoms with Crippen LogP contribution in [0.4, 0.5) is 0 Å². The van der Waals surface area contributed by atoms with Gasteiger partial charge in [0.05, 0.1) is 0 Å². The van der Waals surface area contributed by atoms with Crippen molar-refractivity contribution in [2.75, 3.05) is 0 Å². The van der Waals surface area contributed by atoms with Crippen LogP contribution in [0.3, 0.4) is 0 Å². The number of hydrogen-bond donors (Lipinski definition) is 1. The lowest BCUT2D eigenvalue weighted by Gasteiger charge is -2.40. The molecule has 0 spiro atoms. The van der Waals surface area contributed by atoms with Crippen LogP contribution in [0.2, 0.25) is 0 Å². The minimum absolute atomic E-state index is 0.114. The molecule has 1 fully saturated rings. The van der Waals surface area contributed by atoms with E-state index >= 15 is 0 Å². The van der Waals surface area contributed by atoms with E-state index in [1.54, 1.807) is 0 Å². The maximum atomic E-state index is 4.84. The predicted octanol–water partition coefficient (Wildman–Crippen LogP) is 9.41. The second-order valence-electron chi connectivity index (χ2n) is 12.9. The molecule has 0 radical (unpaired) electrons. The van der Waals surface area contributed by atoms with Gasteiger partial charge in [0, 0.05) is 29.7 Å². The molecule has 0 aromatic carbocycles. The second-order valence-corrected chi connectivity index (χ2v) is 12.9. The van der Waals surface area contributed by atoms with Crippen LogP contribution in [0.15, 0.2) is 24.7 Å². The fraction of sp³-hybridized carbons (Fsp3) is 0.781. The average molecular weight is 482 g/mol. The summed E-state index contributed by atoms with van der Waals surface area (Å²) in [5, 5.41) is 3.95. The Labute approximate surface area is 216 Å². The summed E-state index contributed by atoms with van der Waals surface area (Å²) >= 11 is 0. The van der Waals surface area contributed by atoms with Gasteiger partial charge >= 0.3 is 0 Å². The smallest absolute Gasteiger partial charge is 0.140 e. The van der Waals surface area contributed by atoms with Crippen molar-refractivity contribution in [3.8, 4) is 0 Å². The van der Waals surface area contributed by atoms with Gasteiger partial charge in [0.15, 0.2) is 0 Å². The molecule has 3 rings (SSSR count). The van der Waals surface area contributed by atoms with E-state index in [1.165, 1.54) is 93.8 Å². The van der Waals surface area contributed by atoms with Gasteiger partial charge < -0.3 is 9.72 Å². The third kappa shape index (κ3) is 8.07. The van der Waals surface area contributed by atoms with E-state index < -0.39 is 0 Å². The van der Waals surface area contributed by atoms with Crippen molar-refractivity contribution < 1.29 is 0 Å². The highest BCUT2D eigenvalue weighted by Gasteiger charge is 2.31. The molecule has 2 atom stereocenters. The first-order valence-corrected chi connectivity index (χ1v) is 14.9. The molecule has 0 amide bonds. The van der Waals surface area contributed by atoms with Crippen LogP contribution in [-0.4, -0.2) is 20.5 Å². The second kappa shape index (κ2) is 12.7. The molecule has 1 aliphatic carbocycles. The highest BCUT2D eigenvalue weighted by atomic mass is 15.0. The number of rotatable bonds is 9. The molecule has 1 aliphatic rings. The minimum Gasteiger partial charge on any atom is -0.307 e. The van der Waals surface area contributed by atoms with Gasteiger partial charge in [-0.15, -0.1) is 0 Å². The van der Waals surface area contributed by atoms with Crippen molar-refractivity contribution in [2.24, 2.45) is 5.92 Å². The molecule has 2 aromatic rings. The van der Waals surface area contributed by atoms with Gasteiger partial charge in [0.25, 0.3) is 0 Å². The van der Waals surface area contributed by atoms with Gasteiger partial charge in [-0.2, -0.15) is 0 Å². The maximum absolute atomic E-state index is 4.84. The third-order valence-corrected chi connectivity index (χ3v) is 8.78. The number of hydrogen-bond acceptors (Lipinski definition) is 2. The molecular weight excluding hydrogens is 426 g/mol. The van der Waals surface area contributed by atoms with Gasteiger partial charge in [-0.3, -0.25) is 0 Å². The van der Waals surface area contributed by atoms with E-state index in [-0.39, 0.29) is 11.1 Å². The number of pyridine rings is 1. The Morgan fingerprint density at radius 3 is 2.11 bits per heavy atom. The molecule has 0 bridgehead atoms. The zero-order valence-electron chi connectivity index (χ0n) is 24.1. The molecule has 3 nitrogen and oxygen atoms in total. The Hall–Kier alpha value is -1.35. The van der Waals surface area contributed by atoms with E-state index in [0.29, 0.717) is 17.8 Å². The van der Waals surface area contributed by atoms with Crippen LogP contribution in [0.5, 0.6) is 0 Å². The van der Waals surface area contributed by atoms with Crippen molar-refractivity contribution in [3.05, 3.63) is 35.8 Å². The first-order chi connectivity index (χ1) is 16.7. The van der Waals surface area contributed by atoms with Crippen molar-refractivity contribution >= 4 is 5.65 Å². The summed E-state index contributed by atoms with van der Waals surface area (Å²) in [7, 11) is 0. The number of aromatic nitrogens is 2. The summed E-state index contributed by atoms with van der Waals surface area (Å²) in [6, 6.07) is 2.58. The lowest BCUT2D eigenvalue weighted by molar-refractivity contribution is 0.210. The van der Waals surface area contributed by atoms with E-state index in [1.807, 2.05) is 6.20 Å². The maximum Gasteiger partial charge on any atom is 0.140 e. The Morgan fingerprint density at radius 2 is 1.54 bits per heavy atom. The van der Waals surface area contributed by atoms with E-state index in [0.717, 1.165) is 6.42 Å². The predicted molar refractivity (Wildman–Crippen MR) is 153 cm³/mol. The molecule has 2 aromatic heterocycles. The topological polar surface area (TPSA) is 29.3 Å². The Morgan fingerprint density at radius 1 is 0.943 bits per heavy atom. The van der Waals surface area contributed by atoms with Crippen molar-refractivity contribution in [2.45, 2.75) is 155 Å². The summed E-state index contributed by atoms with van der Waals surface area (Å²) in [5.41, 5.74) is 4.51. The van der Waals surface area contributed by atoms with Crippen molar-refractivity contribution in [3.63, 3.8) is 0 Å². The number of imidazole rings is 1. The summed E-state index contributed by atoms with van der Waals surface area (Å²) < 4.78 is 2.33. The molecule has 2 unspecified atom stereocenters. The molecule has 1 N–H and O–H groups in total. The first kappa shape index (κ1) is 28.2. The van der Waals surface area contributed by atoms with Crippen LogP contribution < -0.4 is 5.32 Å². The van der Waals surface area contributed by atoms with Crippen LogP contribution >= 0.6 is 0 Å². The molecule has 35 heavy (non-hydrogen) atoms.